The van der Waals surface area contributed by atoms with Crippen LogP contribution >= 0.6 is 0 Å². The van der Waals surface area contributed by atoms with Crippen LogP contribution in [0.3, 0.4) is 0 Å². The van der Waals surface area contributed by atoms with Crippen molar-refractivity contribution in [2.24, 2.45) is 0 Å². The van der Waals surface area contributed by atoms with Crippen LogP contribution in [0.1, 0.15) is 44.6 Å². The molecule has 0 atom stereocenters. The lowest BCUT2D eigenvalue weighted by molar-refractivity contribution is 0.0600. The number of ketones is 1. The largest absolute Gasteiger partial charge is 0.465 e. The number of hydrogen-bond acceptors (Lipinski definition) is 7. The molecule has 0 amide bonds. The predicted octanol–water partition coefficient (Wildman–Crippen LogP) is 4.82. The van der Waals surface area contributed by atoms with Gasteiger partial charge in [0.1, 0.15) is 17.3 Å². The maximum atomic E-state index is 13.2. The molecule has 0 saturated heterocycles. The Morgan fingerprint density at radius 3 is 2.63 bits per heavy atom. The van der Waals surface area contributed by atoms with Gasteiger partial charge in [0.2, 0.25) is 5.78 Å². The van der Waals surface area contributed by atoms with Crippen molar-refractivity contribution < 1.29 is 19.1 Å². The third-order valence-corrected chi connectivity index (χ3v) is 5.91. The second-order valence-corrected chi connectivity index (χ2v) is 8.45. The summed E-state index contributed by atoms with van der Waals surface area (Å²) in [7, 11) is 1.30. The molecule has 0 bridgehead atoms. The number of nitrogens with two attached hydrogens (primary N) is 1. The van der Waals surface area contributed by atoms with Crippen molar-refractivity contribution in [3.8, 4) is 29.0 Å². The molecule has 0 aliphatic heterocycles. The van der Waals surface area contributed by atoms with E-state index in [0.717, 1.165) is 11.1 Å². The molecular weight excluding hydrogens is 482 g/mol. The topological polar surface area (TPSA) is 125 Å². The molecule has 0 radical (unpaired) electrons. The van der Waals surface area contributed by atoms with Gasteiger partial charge in [-0.1, -0.05) is 12.0 Å². The van der Waals surface area contributed by atoms with E-state index in [2.05, 4.69) is 26.9 Å². The normalized spacial score (nSPS) is 10.6. The van der Waals surface area contributed by atoms with Crippen molar-refractivity contribution in [1.29, 1.82) is 0 Å². The molecule has 9 nitrogen and oxygen atoms in total. The number of aryl methyl sites for hydroxylation is 1. The number of fused-ring (bicyclic) bond motifs is 1. The Balaban J connectivity index is 1.40. The van der Waals surface area contributed by atoms with E-state index >= 15 is 0 Å². The second-order valence-electron chi connectivity index (χ2n) is 8.45. The van der Waals surface area contributed by atoms with Gasteiger partial charge in [0, 0.05) is 5.56 Å². The van der Waals surface area contributed by atoms with Gasteiger partial charge in [-0.05, 0) is 74.0 Å². The number of imidazole rings is 1. The standard InChI is InChI=1S/C29H23N5O4/c1-4-6-18-7-5-8-20(14-18)38-21-10-12-25(17(2)13-21)34-27(30)22(16-31-34)26(35)28-32-23-11-9-19(29(36)37-3)15-24(23)33-28/h5,7-16H,30H2,1-3H3,(H,32,33). The number of carbonyl (C=O) groups excluding carboxylic acids is 2. The Morgan fingerprint density at radius 2 is 1.87 bits per heavy atom. The molecule has 5 aromatic rings. The quantitative estimate of drug-likeness (QED) is 0.193. The lowest BCUT2D eigenvalue weighted by atomic mass is 10.1. The van der Waals surface area contributed by atoms with Gasteiger partial charge in [0.05, 0.1) is 41.2 Å². The number of nitrogens with one attached hydrogen (secondary N) is 1. The van der Waals surface area contributed by atoms with E-state index in [4.69, 9.17) is 15.2 Å². The third kappa shape index (κ3) is 4.58. The van der Waals surface area contributed by atoms with Crippen LogP contribution < -0.4 is 10.5 Å². The first-order valence-corrected chi connectivity index (χ1v) is 11.7. The van der Waals surface area contributed by atoms with Gasteiger partial charge in [0.25, 0.3) is 0 Å². The molecule has 0 unspecified atom stereocenters. The van der Waals surface area contributed by atoms with Gasteiger partial charge in [-0.25, -0.2) is 14.5 Å². The van der Waals surface area contributed by atoms with Crippen LogP contribution in [0.15, 0.2) is 66.9 Å². The van der Waals surface area contributed by atoms with E-state index in [9.17, 15) is 9.59 Å². The van der Waals surface area contributed by atoms with E-state index < -0.39 is 11.8 Å². The zero-order valence-electron chi connectivity index (χ0n) is 20.9. The number of hydrogen-bond donors (Lipinski definition) is 2. The average molecular weight is 506 g/mol. The van der Waals surface area contributed by atoms with Crippen LogP contribution in [-0.2, 0) is 4.74 Å². The van der Waals surface area contributed by atoms with E-state index in [1.54, 1.807) is 31.2 Å². The molecule has 3 aromatic carbocycles. The number of nitrogens with zero attached hydrogens (tertiary/aromatic N) is 3. The summed E-state index contributed by atoms with van der Waals surface area (Å²) in [6.45, 7) is 3.69. The molecule has 5 rings (SSSR count). The molecule has 188 valence electrons. The van der Waals surface area contributed by atoms with Crippen LogP contribution in [0, 0.1) is 18.8 Å². The number of aromatic nitrogens is 4. The minimum atomic E-state index is -0.487. The third-order valence-electron chi connectivity index (χ3n) is 5.91. The molecule has 0 saturated carbocycles. The smallest absolute Gasteiger partial charge is 0.337 e. The SMILES string of the molecule is CC#Cc1cccc(Oc2ccc(-n3ncc(C(=O)c4nc5cc(C(=O)OC)ccc5[nH]4)c3N)c(C)c2)c1. The van der Waals surface area contributed by atoms with Crippen molar-refractivity contribution in [3.63, 3.8) is 0 Å². The number of benzene rings is 3. The van der Waals surface area contributed by atoms with E-state index in [1.165, 1.54) is 18.0 Å². The lowest BCUT2D eigenvalue weighted by Crippen LogP contribution is -2.09. The van der Waals surface area contributed by atoms with E-state index in [0.29, 0.717) is 33.8 Å². The number of nitrogen functional groups attached to an aromatic ring is 1. The van der Waals surface area contributed by atoms with Crippen LogP contribution in [0.4, 0.5) is 5.82 Å². The lowest BCUT2D eigenvalue weighted by Gasteiger charge is -2.11. The molecule has 2 heterocycles. The Hall–Kier alpha value is -5.36. The van der Waals surface area contributed by atoms with Crippen molar-refractivity contribution >= 4 is 28.6 Å². The highest BCUT2D eigenvalue weighted by Gasteiger charge is 2.22. The summed E-state index contributed by atoms with van der Waals surface area (Å²) in [5.74, 6) is 6.56. The van der Waals surface area contributed by atoms with Crippen molar-refractivity contribution in [2.45, 2.75) is 13.8 Å². The summed E-state index contributed by atoms with van der Waals surface area (Å²) in [6.07, 6.45) is 1.41. The summed E-state index contributed by atoms with van der Waals surface area (Å²) in [5, 5.41) is 4.35. The van der Waals surface area contributed by atoms with Crippen LogP contribution in [0.2, 0.25) is 0 Å². The molecule has 2 aromatic heterocycles. The van der Waals surface area contributed by atoms with Crippen molar-refractivity contribution in [1.82, 2.24) is 19.7 Å². The summed E-state index contributed by atoms with van der Waals surface area (Å²) >= 11 is 0. The Labute approximate surface area is 218 Å². The van der Waals surface area contributed by atoms with E-state index in [1.807, 2.05) is 43.3 Å². The highest BCUT2D eigenvalue weighted by atomic mass is 16.5. The van der Waals surface area contributed by atoms with Crippen molar-refractivity contribution in [2.75, 3.05) is 12.8 Å². The van der Waals surface area contributed by atoms with Gasteiger partial charge >= 0.3 is 5.97 Å². The van der Waals surface area contributed by atoms with Gasteiger partial charge < -0.3 is 20.2 Å². The highest BCUT2D eigenvalue weighted by molar-refractivity contribution is 6.10. The van der Waals surface area contributed by atoms with Crippen LogP contribution in [-0.4, -0.2) is 38.6 Å². The maximum absolute atomic E-state index is 13.2. The first-order valence-electron chi connectivity index (χ1n) is 11.7. The predicted molar refractivity (Wildman–Crippen MR) is 143 cm³/mol. The Kier molecular flexibility index (Phi) is 6.37. The number of rotatable bonds is 6. The Bertz CT molecular complexity index is 1770. The summed E-state index contributed by atoms with van der Waals surface area (Å²) in [4.78, 5) is 32.4. The molecule has 0 aliphatic carbocycles. The highest BCUT2D eigenvalue weighted by Crippen LogP contribution is 2.28. The summed E-state index contributed by atoms with van der Waals surface area (Å²) in [6, 6.07) is 17.9. The van der Waals surface area contributed by atoms with Crippen LogP contribution in [0.5, 0.6) is 11.5 Å². The van der Waals surface area contributed by atoms with E-state index in [-0.39, 0.29) is 17.2 Å². The fourth-order valence-electron chi connectivity index (χ4n) is 4.06. The monoisotopic (exact) mass is 505 g/mol. The number of aromatic amines is 1. The van der Waals surface area contributed by atoms with Gasteiger partial charge in [-0.15, -0.1) is 5.92 Å². The number of ether oxygens (including phenoxy) is 2. The zero-order chi connectivity index (χ0) is 26.8. The van der Waals surface area contributed by atoms with Gasteiger partial charge in [-0.2, -0.15) is 5.10 Å². The van der Waals surface area contributed by atoms with Crippen LogP contribution in [0.25, 0.3) is 16.7 Å². The first kappa shape index (κ1) is 24.3. The van der Waals surface area contributed by atoms with Crippen molar-refractivity contribution in [3.05, 3.63) is 94.9 Å². The minimum Gasteiger partial charge on any atom is -0.465 e. The fraction of sp³-hybridized carbons (Fsp3) is 0.103. The Morgan fingerprint density at radius 1 is 1.05 bits per heavy atom. The summed E-state index contributed by atoms with van der Waals surface area (Å²) < 4.78 is 12.3. The number of esters is 1. The first-order chi connectivity index (χ1) is 18.4. The second kappa shape index (κ2) is 9.95. The zero-order valence-corrected chi connectivity index (χ0v) is 20.9. The molecule has 0 aliphatic rings. The van der Waals surface area contributed by atoms with Gasteiger partial charge in [-0.3, -0.25) is 4.79 Å². The maximum Gasteiger partial charge on any atom is 0.337 e. The fourth-order valence-corrected chi connectivity index (χ4v) is 4.06. The average Bonchev–Trinajstić information content (AvgIpc) is 3.51. The molecule has 38 heavy (non-hydrogen) atoms. The minimum absolute atomic E-state index is 0.0868. The number of H-pyrrole nitrogens is 1. The molecular formula is C29H23N5O4. The number of carbonyl (C=O) groups is 2. The molecule has 0 spiro atoms. The summed E-state index contributed by atoms with van der Waals surface area (Å²) in [5.41, 5.74) is 10.4. The van der Waals surface area contributed by atoms with Gasteiger partial charge in [0.15, 0.2) is 5.82 Å². The molecule has 9 heteroatoms. The number of methoxy groups -OCH3 is 1. The number of anilines is 1. The molecule has 0 fully saturated rings. The molecule has 3 N–H and O–H groups in total.